The molecule has 0 unspecified atom stereocenters. The standard InChI is InChI=1S/C16H20BrFN2O/c17-14-5-6-15(18)13(12-14)4-7-16(21)19-8-11-20-9-2-1-3-10-20/h4-7,12H,1-3,8-11H2,(H,19,21). The molecule has 1 fully saturated rings. The Hall–Kier alpha value is -1.20. The predicted octanol–water partition coefficient (Wildman–Crippen LogP) is 3.20. The van der Waals surface area contributed by atoms with E-state index in [1.165, 1.54) is 37.5 Å². The zero-order valence-electron chi connectivity index (χ0n) is 11.9. The molecule has 1 amide bonds. The lowest BCUT2D eigenvalue weighted by Crippen LogP contribution is -2.37. The van der Waals surface area contributed by atoms with E-state index in [9.17, 15) is 9.18 Å². The van der Waals surface area contributed by atoms with Crippen LogP contribution in [0.1, 0.15) is 24.8 Å². The molecule has 114 valence electrons. The molecule has 1 N–H and O–H groups in total. The van der Waals surface area contributed by atoms with Gasteiger partial charge in [0.25, 0.3) is 0 Å². The van der Waals surface area contributed by atoms with Crippen LogP contribution in [0.5, 0.6) is 0 Å². The second kappa shape index (κ2) is 8.29. The number of hydrogen-bond donors (Lipinski definition) is 1. The van der Waals surface area contributed by atoms with Gasteiger partial charge in [-0.1, -0.05) is 22.4 Å². The largest absolute Gasteiger partial charge is 0.351 e. The third-order valence-electron chi connectivity index (χ3n) is 3.55. The molecule has 1 aliphatic heterocycles. The van der Waals surface area contributed by atoms with Gasteiger partial charge < -0.3 is 10.2 Å². The first-order valence-electron chi connectivity index (χ1n) is 7.28. The van der Waals surface area contributed by atoms with Crippen molar-refractivity contribution in [3.05, 3.63) is 40.1 Å². The average molecular weight is 355 g/mol. The minimum absolute atomic E-state index is 0.189. The van der Waals surface area contributed by atoms with Gasteiger partial charge in [0.05, 0.1) is 0 Å². The maximum Gasteiger partial charge on any atom is 0.244 e. The highest BCUT2D eigenvalue weighted by molar-refractivity contribution is 9.10. The number of benzene rings is 1. The summed E-state index contributed by atoms with van der Waals surface area (Å²) in [6.07, 6.45) is 6.67. The Kier molecular flexibility index (Phi) is 6.39. The molecule has 0 saturated carbocycles. The number of carbonyl (C=O) groups excluding carboxylic acids is 1. The topological polar surface area (TPSA) is 32.3 Å². The molecule has 3 nitrogen and oxygen atoms in total. The van der Waals surface area contributed by atoms with Crippen molar-refractivity contribution in [1.29, 1.82) is 0 Å². The number of hydrogen-bond acceptors (Lipinski definition) is 2. The maximum atomic E-state index is 13.5. The van der Waals surface area contributed by atoms with E-state index in [0.717, 1.165) is 24.1 Å². The number of nitrogens with one attached hydrogen (secondary N) is 1. The SMILES string of the molecule is O=C(C=Cc1cc(Br)ccc1F)NCCN1CCCCC1. The molecule has 2 rings (SSSR count). The summed E-state index contributed by atoms with van der Waals surface area (Å²) in [5, 5.41) is 2.83. The van der Waals surface area contributed by atoms with Gasteiger partial charge >= 0.3 is 0 Å². The van der Waals surface area contributed by atoms with Gasteiger partial charge in [-0.15, -0.1) is 0 Å². The van der Waals surface area contributed by atoms with Crippen LogP contribution in [0.4, 0.5) is 4.39 Å². The highest BCUT2D eigenvalue weighted by atomic mass is 79.9. The van der Waals surface area contributed by atoms with Crippen molar-refractivity contribution in [1.82, 2.24) is 10.2 Å². The number of nitrogens with zero attached hydrogens (tertiary/aromatic N) is 1. The fraction of sp³-hybridized carbons (Fsp3) is 0.438. The second-order valence-electron chi connectivity index (χ2n) is 5.19. The Balaban J connectivity index is 1.75. The summed E-state index contributed by atoms with van der Waals surface area (Å²) >= 11 is 3.28. The van der Waals surface area contributed by atoms with Crippen LogP contribution in [0.15, 0.2) is 28.7 Å². The van der Waals surface area contributed by atoms with E-state index < -0.39 is 0 Å². The molecule has 21 heavy (non-hydrogen) atoms. The van der Waals surface area contributed by atoms with E-state index in [4.69, 9.17) is 0 Å². The van der Waals surface area contributed by atoms with Crippen LogP contribution < -0.4 is 5.32 Å². The lowest BCUT2D eigenvalue weighted by Gasteiger charge is -2.26. The predicted molar refractivity (Wildman–Crippen MR) is 86.4 cm³/mol. The summed E-state index contributed by atoms with van der Waals surface area (Å²) in [7, 11) is 0. The molecule has 0 radical (unpaired) electrons. The molecular weight excluding hydrogens is 335 g/mol. The van der Waals surface area contributed by atoms with Crippen LogP contribution in [-0.2, 0) is 4.79 Å². The second-order valence-corrected chi connectivity index (χ2v) is 6.11. The first-order valence-corrected chi connectivity index (χ1v) is 8.08. The van der Waals surface area contributed by atoms with Gasteiger partial charge in [0.1, 0.15) is 5.82 Å². The van der Waals surface area contributed by atoms with Crippen LogP contribution >= 0.6 is 15.9 Å². The van der Waals surface area contributed by atoms with E-state index in [2.05, 4.69) is 26.1 Å². The average Bonchev–Trinajstić information content (AvgIpc) is 2.49. The molecule has 0 aliphatic carbocycles. The Morgan fingerprint density at radius 1 is 1.33 bits per heavy atom. The molecule has 1 aliphatic rings. The smallest absolute Gasteiger partial charge is 0.244 e. The summed E-state index contributed by atoms with van der Waals surface area (Å²) in [5.74, 6) is -0.526. The third kappa shape index (κ3) is 5.59. The van der Waals surface area contributed by atoms with Crippen molar-refractivity contribution < 1.29 is 9.18 Å². The monoisotopic (exact) mass is 354 g/mol. The highest BCUT2D eigenvalue weighted by Crippen LogP contribution is 2.16. The normalized spacial score (nSPS) is 16.3. The number of amides is 1. The van der Waals surface area contributed by atoms with Crippen LogP contribution in [0.3, 0.4) is 0 Å². The maximum absolute atomic E-state index is 13.5. The summed E-state index contributed by atoms with van der Waals surface area (Å²) < 4.78 is 14.3. The van der Waals surface area contributed by atoms with Gasteiger partial charge in [0.2, 0.25) is 5.91 Å². The molecule has 1 aromatic carbocycles. The van der Waals surface area contributed by atoms with Crippen LogP contribution in [-0.4, -0.2) is 37.0 Å². The molecule has 1 aromatic rings. The number of rotatable bonds is 5. The fourth-order valence-electron chi connectivity index (χ4n) is 2.39. The van der Waals surface area contributed by atoms with E-state index in [0.29, 0.717) is 12.1 Å². The Labute approximate surface area is 133 Å². The molecule has 0 bridgehead atoms. The number of likely N-dealkylation sites (tertiary alicyclic amines) is 1. The van der Waals surface area contributed by atoms with E-state index in [1.54, 1.807) is 12.1 Å². The van der Waals surface area contributed by atoms with Crippen molar-refractivity contribution in [3.63, 3.8) is 0 Å². The first-order chi connectivity index (χ1) is 10.1. The summed E-state index contributed by atoms with van der Waals surface area (Å²) in [6.45, 7) is 3.75. The van der Waals surface area contributed by atoms with Crippen molar-refractivity contribution in [3.8, 4) is 0 Å². The molecular formula is C16H20BrFN2O. The van der Waals surface area contributed by atoms with E-state index in [1.807, 2.05) is 0 Å². The summed E-state index contributed by atoms with van der Waals surface area (Å²) in [6, 6.07) is 4.65. The summed E-state index contributed by atoms with van der Waals surface area (Å²) in [5.41, 5.74) is 0.399. The van der Waals surface area contributed by atoms with Gasteiger partial charge in [0, 0.05) is 29.2 Å². The molecule has 5 heteroatoms. The van der Waals surface area contributed by atoms with Crippen molar-refractivity contribution in [2.45, 2.75) is 19.3 Å². The zero-order chi connectivity index (χ0) is 15.1. The fourth-order valence-corrected chi connectivity index (χ4v) is 2.77. The van der Waals surface area contributed by atoms with Gasteiger partial charge in [0.15, 0.2) is 0 Å². The van der Waals surface area contributed by atoms with Crippen molar-refractivity contribution in [2.75, 3.05) is 26.2 Å². The zero-order valence-corrected chi connectivity index (χ0v) is 13.5. The molecule has 0 aromatic heterocycles. The van der Waals surface area contributed by atoms with Crippen molar-refractivity contribution >= 4 is 27.9 Å². The Bertz CT molecular complexity index is 513. The van der Waals surface area contributed by atoms with Crippen molar-refractivity contribution in [2.24, 2.45) is 0 Å². The lowest BCUT2D eigenvalue weighted by atomic mass is 10.1. The van der Waals surface area contributed by atoms with Crippen LogP contribution in [0.2, 0.25) is 0 Å². The minimum atomic E-state index is -0.337. The Morgan fingerprint density at radius 2 is 2.10 bits per heavy atom. The van der Waals surface area contributed by atoms with Gasteiger partial charge in [-0.25, -0.2) is 4.39 Å². The van der Waals surface area contributed by atoms with E-state index >= 15 is 0 Å². The lowest BCUT2D eigenvalue weighted by molar-refractivity contribution is -0.116. The highest BCUT2D eigenvalue weighted by Gasteiger charge is 2.09. The summed E-state index contributed by atoms with van der Waals surface area (Å²) in [4.78, 5) is 14.1. The van der Waals surface area contributed by atoms with Gasteiger partial charge in [-0.05, 0) is 50.2 Å². The minimum Gasteiger partial charge on any atom is -0.351 e. The quantitative estimate of drug-likeness (QED) is 0.823. The van der Waals surface area contributed by atoms with Gasteiger partial charge in [-0.2, -0.15) is 0 Å². The Morgan fingerprint density at radius 3 is 2.86 bits per heavy atom. The molecule has 0 spiro atoms. The first kappa shape index (κ1) is 16.2. The molecule has 1 heterocycles. The van der Waals surface area contributed by atoms with E-state index in [-0.39, 0.29) is 11.7 Å². The van der Waals surface area contributed by atoms with Gasteiger partial charge in [-0.3, -0.25) is 4.79 Å². The number of piperidine rings is 1. The van der Waals surface area contributed by atoms with Crippen LogP contribution in [0.25, 0.3) is 6.08 Å². The molecule has 1 saturated heterocycles. The third-order valence-corrected chi connectivity index (χ3v) is 4.04. The molecule has 0 atom stereocenters. The van der Waals surface area contributed by atoms with Crippen LogP contribution in [0, 0.1) is 5.82 Å². The number of halogens is 2. The number of carbonyl (C=O) groups is 1.